The first-order valence-electron chi connectivity index (χ1n) is 11.2. The van der Waals surface area contributed by atoms with E-state index in [1.165, 1.54) is 5.56 Å². The largest absolute Gasteiger partial charge is 0.355 e. The van der Waals surface area contributed by atoms with Crippen molar-refractivity contribution in [1.82, 2.24) is 9.29 Å². The number of benzene rings is 3. The van der Waals surface area contributed by atoms with Gasteiger partial charge >= 0.3 is 0 Å². The Hall–Kier alpha value is -3.75. The van der Waals surface area contributed by atoms with Crippen molar-refractivity contribution in [3.8, 4) is 11.1 Å². The smallest absolute Gasteiger partial charge is 0.251 e. The van der Waals surface area contributed by atoms with Crippen LogP contribution in [-0.2, 0) is 17.1 Å². The first-order chi connectivity index (χ1) is 16.6. The van der Waals surface area contributed by atoms with Crippen molar-refractivity contribution in [3.05, 3.63) is 93.8 Å². The van der Waals surface area contributed by atoms with Crippen LogP contribution in [0.3, 0.4) is 0 Å². The van der Waals surface area contributed by atoms with Gasteiger partial charge in [0.1, 0.15) is 0 Å². The molecule has 0 atom stereocenters. The zero-order chi connectivity index (χ0) is 25.3. The van der Waals surface area contributed by atoms with Crippen LogP contribution in [0.1, 0.15) is 28.4 Å². The summed E-state index contributed by atoms with van der Waals surface area (Å²) in [5, 5.41) is 4.21. The van der Waals surface area contributed by atoms with Gasteiger partial charge in [-0.15, -0.1) is 0 Å². The van der Waals surface area contributed by atoms with Crippen LogP contribution in [0, 0.1) is 6.92 Å². The summed E-state index contributed by atoms with van der Waals surface area (Å²) >= 11 is 0. The number of anilines is 2. The van der Waals surface area contributed by atoms with E-state index in [9.17, 15) is 18.0 Å². The molecule has 1 aromatic heterocycles. The van der Waals surface area contributed by atoms with E-state index in [1.54, 1.807) is 24.6 Å². The van der Waals surface area contributed by atoms with Crippen LogP contribution in [0.15, 0.2) is 71.5 Å². The average molecular weight is 490 g/mol. The van der Waals surface area contributed by atoms with Crippen molar-refractivity contribution in [2.75, 3.05) is 18.1 Å². The number of nitrogens with zero attached hydrogens (tertiary/aromatic N) is 1. The molecule has 3 aromatic carbocycles. The van der Waals surface area contributed by atoms with Gasteiger partial charge in [-0.1, -0.05) is 48.9 Å². The van der Waals surface area contributed by atoms with Crippen molar-refractivity contribution >= 4 is 38.1 Å². The van der Waals surface area contributed by atoms with Gasteiger partial charge in [0.25, 0.3) is 5.56 Å². The first kappa shape index (κ1) is 24.4. The Kier molecular flexibility index (Phi) is 6.60. The van der Waals surface area contributed by atoms with Crippen LogP contribution >= 0.6 is 0 Å². The molecule has 0 radical (unpaired) electrons. The Balaban J connectivity index is 0.000000364. The van der Waals surface area contributed by atoms with Gasteiger partial charge in [-0.05, 0) is 42.3 Å². The number of carbonyl (C=O) groups excluding carboxylic acids is 1. The number of carbonyl (C=O) groups is 1. The van der Waals surface area contributed by atoms with Gasteiger partial charge < -0.3 is 9.88 Å². The normalized spacial score (nSPS) is 12.1. The molecule has 4 aromatic rings. The maximum absolute atomic E-state index is 13.4. The second kappa shape index (κ2) is 9.48. The third-order valence-electron chi connectivity index (χ3n) is 5.84. The highest BCUT2D eigenvalue weighted by Crippen LogP contribution is 2.41. The van der Waals surface area contributed by atoms with E-state index in [0.29, 0.717) is 17.7 Å². The molecule has 8 heteroatoms. The lowest BCUT2D eigenvalue weighted by Crippen LogP contribution is -2.21. The predicted molar refractivity (Wildman–Crippen MR) is 141 cm³/mol. The van der Waals surface area contributed by atoms with E-state index < -0.39 is 10.0 Å². The molecule has 1 aliphatic rings. The molecule has 180 valence electrons. The van der Waals surface area contributed by atoms with Gasteiger partial charge in [0, 0.05) is 36.3 Å². The molecular weight excluding hydrogens is 462 g/mol. The van der Waals surface area contributed by atoms with Gasteiger partial charge in [0.15, 0.2) is 5.78 Å². The molecule has 0 amide bonds. The fourth-order valence-corrected chi connectivity index (χ4v) is 4.74. The van der Waals surface area contributed by atoms with Crippen LogP contribution in [0.2, 0.25) is 0 Å². The standard InChI is InChI=1S/C24H18N2O2.C3H9NO2S/c1-14-7-9-15(10-8-14)25-19-11-12-20-22-18(13-21(27)26(20)2)16-5-3-4-6-17(16)24(28)23(19)22;1-3-4-7(2,5)6/h3-13,25H,1-2H3;4H,3H2,1-2H3. The molecule has 0 saturated heterocycles. The Morgan fingerprint density at radius 2 is 1.54 bits per heavy atom. The van der Waals surface area contributed by atoms with Crippen molar-refractivity contribution in [2.45, 2.75) is 13.8 Å². The molecule has 0 unspecified atom stereocenters. The number of sulfonamides is 1. The predicted octanol–water partition coefficient (Wildman–Crippen LogP) is 4.36. The van der Waals surface area contributed by atoms with Crippen LogP contribution in [0.4, 0.5) is 11.4 Å². The van der Waals surface area contributed by atoms with Crippen LogP contribution in [0.5, 0.6) is 0 Å². The lowest BCUT2D eigenvalue weighted by molar-refractivity contribution is 0.104. The second-order valence-electron chi connectivity index (χ2n) is 8.47. The molecule has 0 saturated carbocycles. The maximum atomic E-state index is 13.4. The molecule has 1 aliphatic carbocycles. The highest BCUT2D eigenvalue weighted by atomic mass is 32.2. The summed E-state index contributed by atoms with van der Waals surface area (Å²) in [5.74, 6) is -0.0260. The van der Waals surface area contributed by atoms with Gasteiger partial charge in [-0.3, -0.25) is 9.59 Å². The summed E-state index contributed by atoms with van der Waals surface area (Å²) in [6.07, 6.45) is 1.14. The van der Waals surface area contributed by atoms with Crippen molar-refractivity contribution in [3.63, 3.8) is 0 Å². The SMILES string of the molecule is CCNS(C)(=O)=O.Cc1ccc(Nc2ccc3c4c(cc(=O)n3C)-c3ccccc3C(=O)c24)cc1. The molecule has 0 fully saturated rings. The van der Waals surface area contributed by atoms with E-state index in [4.69, 9.17) is 0 Å². The second-order valence-corrected chi connectivity index (χ2v) is 10.3. The van der Waals surface area contributed by atoms with Crippen LogP contribution in [-0.4, -0.2) is 31.6 Å². The molecule has 0 spiro atoms. The summed E-state index contributed by atoms with van der Waals surface area (Å²) in [6, 6.07) is 21.0. The van der Waals surface area contributed by atoms with Crippen LogP contribution < -0.4 is 15.6 Å². The Morgan fingerprint density at radius 1 is 0.886 bits per heavy atom. The molecule has 0 aliphatic heterocycles. The topological polar surface area (TPSA) is 97.3 Å². The fraction of sp³-hybridized carbons (Fsp3) is 0.185. The monoisotopic (exact) mass is 489 g/mol. The van der Waals surface area contributed by atoms with E-state index in [2.05, 4.69) is 10.0 Å². The highest BCUT2D eigenvalue weighted by molar-refractivity contribution is 7.88. The van der Waals surface area contributed by atoms with Crippen molar-refractivity contribution in [1.29, 1.82) is 0 Å². The van der Waals surface area contributed by atoms with Gasteiger partial charge in [-0.2, -0.15) is 0 Å². The number of nitrogens with one attached hydrogen (secondary N) is 2. The quantitative estimate of drug-likeness (QED) is 0.391. The molecular formula is C27H27N3O4S. The zero-order valence-electron chi connectivity index (χ0n) is 20.0. The number of fused-ring (bicyclic) bond motifs is 2. The lowest BCUT2D eigenvalue weighted by atomic mass is 9.83. The molecule has 0 bridgehead atoms. The van der Waals surface area contributed by atoms with E-state index in [0.717, 1.165) is 39.7 Å². The Morgan fingerprint density at radius 3 is 2.14 bits per heavy atom. The minimum Gasteiger partial charge on any atom is -0.355 e. The highest BCUT2D eigenvalue weighted by Gasteiger charge is 2.28. The molecule has 35 heavy (non-hydrogen) atoms. The van der Waals surface area contributed by atoms with E-state index in [1.807, 2.05) is 67.6 Å². The average Bonchev–Trinajstić information content (AvgIpc) is 2.81. The number of aromatic nitrogens is 1. The third kappa shape index (κ3) is 4.89. The number of ketones is 1. The summed E-state index contributed by atoms with van der Waals surface area (Å²) < 4.78 is 24.1. The van der Waals surface area contributed by atoms with E-state index in [-0.39, 0.29) is 11.3 Å². The van der Waals surface area contributed by atoms with Crippen molar-refractivity contribution < 1.29 is 13.2 Å². The summed E-state index contributed by atoms with van der Waals surface area (Å²) in [5.41, 5.74) is 6.38. The van der Waals surface area contributed by atoms with Crippen LogP contribution in [0.25, 0.3) is 22.0 Å². The fourth-order valence-electron chi connectivity index (χ4n) is 4.21. The maximum Gasteiger partial charge on any atom is 0.251 e. The van der Waals surface area contributed by atoms with Crippen molar-refractivity contribution in [2.24, 2.45) is 7.05 Å². The van der Waals surface area contributed by atoms with E-state index >= 15 is 0 Å². The number of pyridine rings is 1. The number of hydrogen-bond acceptors (Lipinski definition) is 5. The van der Waals surface area contributed by atoms with Gasteiger partial charge in [-0.25, -0.2) is 13.1 Å². The number of rotatable bonds is 4. The Bertz CT molecular complexity index is 1600. The third-order valence-corrected chi connectivity index (χ3v) is 6.65. The van der Waals surface area contributed by atoms with Gasteiger partial charge in [0.05, 0.1) is 23.0 Å². The zero-order valence-corrected chi connectivity index (χ0v) is 20.9. The molecule has 5 rings (SSSR count). The molecule has 2 N–H and O–H groups in total. The Labute approximate surface area is 204 Å². The lowest BCUT2D eigenvalue weighted by Gasteiger charge is -2.23. The minimum absolute atomic E-state index is 0.0260. The van der Waals surface area contributed by atoms with Gasteiger partial charge in [0.2, 0.25) is 10.0 Å². The first-order valence-corrected chi connectivity index (χ1v) is 13.1. The molecule has 7 nitrogen and oxygen atoms in total. The summed E-state index contributed by atoms with van der Waals surface area (Å²) in [7, 11) is -1.18. The minimum atomic E-state index is -2.92. The summed E-state index contributed by atoms with van der Waals surface area (Å²) in [6.45, 7) is 4.25. The summed E-state index contributed by atoms with van der Waals surface area (Å²) in [4.78, 5) is 25.9. The number of aryl methyl sites for hydroxylation is 2. The number of hydrogen-bond donors (Lipinski definition) is 2. The molecule has 1 heterocycles.